The van der Waals surface area contributed by atoms with Crippen molar-refractivity contribution in [2.24, 2.45) is 0 Å². The molecule has 1 aliphatic heterocycles. The van der Waals surface area contributed by atoms with Crippen molar-refractivity contribution in [3.05, 3.63) is 29.8 Å². The lowest BCUT2D eigenvalue weighted by atomic mass is 9.38. The Morgan fingerprint density at radius 3 is 2.50 bits per heavy atom. The van der Waals surface area contributed by atoms with Gasteiger partial charge >= 0.3 is 0 Å². The van der Waals surface area contributed by atoms with Gasteiger partial charge in [-0.15, -0.1) is 0 Å². The molecule has 0 saturated heterocycles. The van der Waals surface area contributed by atoms with Gasteiger partial charge < -0.3 is 0 Å². The van der Waals surface area contributed by atoms with E-state index in [0.717, 1.165) is 0 Å². The van der Waals surface area contributed by atoms with Gasteiger partial charge in [0.25, 0.3) is 0 Å². The second-order valence-electron chi connectivity index (χ2n) is 2.78. The summed E-state index contributed by atoms with van der Waals surface area (Å²) >= 11 is 0. The van der Waals surface area contributed by atoms with Crippen LogP contribution in [0.15, 0.2) is 24.3 Å². The number of hydrogen-bond donors (Lipinski definition) is 0. The minimum atomic E-state index is 0.621. The highest BCUT2D eigenvalue weighted by Crippen LogP contribution is 2.14. The summed E-state index contributed by atoms with van der Waals surface area (Å²) in [6, 6.07) is 8.54. The normalized spacial score (nSPS) is 18.1. The first-order chi connectivity index (χ1) is 5.88. The molecule has 12 heavy (non-hydrogen) atoms. The van der Waals surface area contributed by atoms with Gasteiger partial charge in [0.05, 0.1) is 7.17 Å². The first kappa shape index (κ1) is 9.44. The smallest absolute Gasteiger partial charge is 0.0945 e. The summed E-state index contributed by atoms with van der Waals surface area (Å²) in [6.07, 6.45) is 0. The van der Waals surface area contributed by atoms with E-state index in [1.807, 2.05) is 13.8 Å². The molecule has 2 radical (unpaired) electrons. The van der Waals surface area contributed by atoms with Crippen molar-refractivity contribution >= 4 is 19.8 Å². The van der Waals surface area contributed by atoms with Crippen molar-refractivity contribution in [3.63, 3.8) is 0 Å². The third-order valence-electron chi connectivity index (χ3n) is 2.05. The highest BCUT2D eigenvalue weighted by Gasteiger charge is 2.18. The van der Waals surface area contributed by atoms with E-state index in [-0.39, 0.29) is 0 Å². The van der Waals surface area contributed by atoms with Crippen molar-refractivity contribution in [1.29, 1.82) is 0 Å². The molecule has 1 aromatic carbocycles. The monoisotopic (exact) mass is 156 g/mol. The zero-order valence-corrected chi connectivity index (χ0v) is 8.04. The molecule has 1 atom stereocenters. The lowest BCUT2D eigenvalue weighted by Crippen LogP contribution is -2.12. The van der Waals surface area contributed by atoms with Crippen molar-refractivity contribution < 1.29 is 0 Å². The van der Waals surface area contributed by atoms with Gasteiger partial charge in [0.1, 0.15) is 7.17 Å². The Labute approximate surface area is 76.8 Å². The fourth-order valence-corrected chi connectivity index (χ4v) is 1.43. The molecule has 1 unspecified atom stereocenters. The van der Waals surface area contributed by atoms with Gasteiger partial charge in [-0.05, 0) is 0 Å². The molecule has 0 aliphatic carbocycles. The molecule has 0 nitrogen and oxygen atoms in total. The standard InChI is InChI=1S/C8H8B2.C2H6/c1-6-7-4-2-3-5-8(7)10-9-6;1-2/h2-6H,1H3;1-2H3. The van der Waals surface area contributed by atoms with Gasteiger partial charge in [-0.2, -0.15) is 0 Å². The molecule has 0 amide bonds. The lowest BCUT2D eigenvalue weighted by Gasteiger charge is -2.02. The van der Waals surface area contributed by atoms with Crippen LogP contribution in [0, 0.1) is 0 Å². The van der Waals surface area contributed by atoms with Crippen molar-refractivity contribution in [1.82, 2.24) is 0 Å². The quantitative estimate of drug-likeness (QED) is 0.501. The minimum absolute atomic E-state index is 0.621. The molecule has 60 valence electrons. The maximum atomic E-state index is 2.24. The van der Waals surface area contributed by atoms with Crippen LogP contribution in [0.4, 0.5) is 0 Å². The second-order valence-corrected chi connectivity index (χ2v) is 2.78. The summed E-state index contributed by atoms with van der Waals surface area (Å²) in [4.78, 5) is 0. The predicted octanol–water partition coefficient (Wildman–Crippen LogP) is 1.74. The highest BCUT2D eigenvalue weighted by molar-refractivity contribution is 7.09. The van der Waals surface area contributed by atoms with E-state index in [1.165, 1.54) is 11.0 Å². The third-order valence-corrected chi connectivity index (χ3v) is 2.05. The van der Waals surface area contributed by atoms with E-state index >= 15 is 0 Å². The predicted molar refractivity (Wildman–Crippen MR) is 57.3 cm³/mol. The van der Waals surface area contributed by atoms with Crippen molar-refractivity contribution in [2.45, 2.75) is 26.6 Å². The van der Waals surface area contributed by atoms with Crippen LogP contribution in [0.2, 0.25) is 0 Å². The summed E-state index contributed by atoms with van der Waals surface area (Å²) in [5.74, 6) is 0.621. The largest absolute Gasteiger partial charge is 0.108 e. The van der Waals surface area contributed by atoms with E-state index in [4.69, 9.17) is 0 Å². The Hall–Kier alpha value is -0.650. The summed E-state index contributed by atoms with van der Waals surface area (Å²) in [7, 11) is 4.44. The Morgan fingerprint density at radius 1 is 1.17 bits per heavy atom. The van der Waals surface area contributed by atoms with Crippen LogP contribution < -0.4 is 5.46 Å². The fraction of sp³-hybridized carbons (Fsp3) is 0.400. The number of benzene rings is 1. The van der Waals surface area contributed by atoms with Gasteiger partial charge in [0.15, 0.2) is 0 Å². The fourth-order valence-electron chi connectivity index (χ4n) is 1.43. The van der Waals surface area contributed by atoms with Gasteiger partial charge in [-0.3, -0.25) is 0 Å². The summed E-state index contributed by atoms with van der Waals surface area (Å²) < 4.78 is 0. The van der Waals surface area contributed by atoms with Crippen LogP contribution in [0.3, 0.4) is 0 Å². The van der Waals surface area contributed by atoms with E-state index in [9.17, 15) is 0 Å². The Bertz CT molecular complexity index is 245. The molecule has 0 bridgehead atoms. The molecule has 0 fully saturated rings. The molecule has 1 heterocycles. The van der Waals surface area contributed by atoms with E-state index in [0.29, 0.717) is 5.82 Å². The summed E-state index contributed by atoms with van der Waals surface area (Å²) in [5.41, 5.74) is 2.84. The molecular formula is C10H14B2. The van der Waals surface area contributed by atoms with Gasteiger partial charge in [0, 0.05) is 0 Å². The van der Waals surface area contributed by atoms with Gasteiger partial charge in [-0.1, -0.05) is 61.9 Å². The zero-order valence-electron chi connectivity index (χ0n) is 8.04. The van der Waals surface area contributed by atoms with E-state index < -0.39 is 0 Å². The maximum absolute atomic E-state index is 2.24. The van der Waals surface area contributed by atoms with Crippen LogP contribution in [0.1, 0.15) is 32.2 Å². The van der Waals surface area contributed by atoms with Crippen LogP contribution in [-0.2, 0) is 0 Å². The van der Waals surface area contributed by atoms with Crippen LogP contribution in [0.25, 0.3) is 0 Å². The molecule has 2 heteroatoms. The molecule has 2 rings (SSSR count). The minimum Gasteiger partial charge on any atom is -0.0945 e. The second kappa shape index (κ2) is 4.39. The van der Waals surface area contributed by atoms with Crippen LogP contribution in [-0.4, -0.2) is 14.3 Å². The Kier molecular flexibility index (Phi) is 3.46. The maximum Gasteiger partial charge on any atom is 0.108 e. The van der Waals surface area contributed by atoms with E-state index in [1.54, 1.807) is 0 Å². The van der Waals surface area contributed by atoms with Crippen molar-refractivity contribution in [3.8, 4) is 0 Å². The average molecular weight is 156 g/mol. The number of fused-ring (bicyclic) bond motifs is 1. The van der Waals surface area contributed by atoms with Crippen LogP contribution in [0.5, 0.6) is 0 Å². The summed E-state index contributed by atoms with van der Waals surface area (Å²) in [5, 5.41) is 0. The molecule has 0 aromatic heterocycles. The zero-order chi connectivity index (χ0) is 8.97. The molecular weight excluding hydrogens is 142 g/mol. The van der Waals surface area contributed by atoms with Crippen LogP contribution >= 0.6 is 0 Å². The number of rotatable bonds is 0. The van der Waals surface area contributed by atoms with Gasteiger partial charge in [-0.25, -0.2) is 0 Å². The summed E-state index contributed by atoms with van der Waals surface area (Å²) in [6.45, 7) is 6.22. The highest BCUT2D eigenvalue weighted by atomic mass is 14.0. The molecule has 0 saturated carbocycles. The first-order valence-corrected chi connectivity index (χ1v) is 4.65. The third kappa shape index (κ3) is 1.74. The number of hydrogen-bond acceptors (Lipinski definition) is 0. The first-order valence-electron chi connectivity index (χ1n) is 4.65. The Morgan fingerprint density at radius 2 is 1.83 bits per heavy atom. The molecule has 1 aromatic rings. The van der Waals surface area contributed by atoms with E-state index in [2.05, 4.69) is 45.5 Å². The molecule has 0 N–H and O–H groups in total. The van der Waals surface area contributed by atoms with Crippen molar-refractivity contribution in [2.75, 3.05) is 0 Å². The Balaban J connectivity index is 0.000000336. The SMILES string of the molecule is CC.CC1[B][B]c2ccccc21. The lowest BCUT2D eigenvalue weighted by molar-refractivity contribution is 1.10. The topological polar surface area (TPSA) is 0 Å². The molecule has 0 spiro atoms. The van der Waals surface area contributed by atoms with Gasteiger partial charge in [0.2, 0.25) is 0 Å². The average Bonchev–Trinajstić information content (AvgIpc) is 2.53. The molecule has 1 aliphatic rings.